The molecule has 3 aromatic rings. The van der Waals surface area contributed by atoms with E-state index in [9.17, 15) is 4.79 Å². The predicted octanol–water partition coefficient (Wildman–Crippen LogP) is 4.53. The molecule has 9 heteroatoms. The normalized spacial score (nSPS) is 10.6. The highest BCUT2D eigenvalue weighted by Gasteiger charge is 2.12. The van der Waals surface area contributed by atoms with Gasteiger partial charge in [0.05, 0.1) is 18.6 Å². The number of nitrogens with one attached hydrogen (secondary N) is 1. The van der Waals surface area contributed by atoms with Crippen LogP contribution in [-0.4, -0.2) is 33.5 Å². The molecule has 0 spiro atoms. The quantitative estimate of drug-likeness (QED) is 0.506. The van der Waals surface area contributed by atoms with E-state index in [4.69, 9.17) is 4.74 Å². The van der Waals surface area contributed by atoms with Gasteiger partial charge < -0.3 is 10.1 Å². The fourth-order valence-electron chi connectivity index (χ4n) is 2.15. The predicted molar refractivity (Wildman–Crippen MR) is 109 cm³/mol. The van der Waals surface area contributed by atoms with Crippen molar-refractivity contribution in [1.29, 1.82) is 0 Å². The Labute approximate surface area is 171 Å². The molecule has 6 nitrogen and oxygen atoms in total. The molecule has 134 valence electrons. The lowest BCUT2D eigenvalue weighted by Gasteiger charge is -2.09. The number of thioether (sulfide) groups is 1. The van der Waals surface area contributed by atoms with Crippen molar-refractivity contribution in [3.8, 4) is 11.4 Å². The summed E-state index contributed by atoms with van der Waals surface area (Å²) in [5, 5.41) is 11.6. The third kappa shape index (κ3) is 4.66. The van der Waals surface area contributed by atoms with E-state index in [0.717, 1.165) is 20.4 Å². The maximum atomic E-state index is 12.3. The standard InChI is InChI=1S/C17H14Br2N4O2S/c1-25-13-5-3-12(4-6-13)23-10-20-22-17(23)26-9-16(24)21-15-8-11(18)2-7-14(15)19/h2-8,10H,9H2,1H3,(H,21,24). The first kappa shape index (κ1) is 18.9. The van der Waals surface area contributed by atoms with Gasteiger partial charge in [0.15, 0.2) is 5.16 Å². The van der Waals surface area contributed by atoms with Crippen LogP contribution in [0.3, 0.4) is 0 Å². The molecule has 0 aliphatic rings. The number of hydrogen-bond donors (Lipinski definition) is 1. The number of benzene rings is 2. The van der Waals surface area contributed by atoms with Crippen LogP contribution in [0.15, 0.2) is 62.9 Å². The highest BCUT2D eigenvalue weighted by Crippen LogP contribution is 2.27. The molecule has 3 rings (SSSR count). The average Bonchev–Trinajstić information content (AvgIpc) is 3.12. The van der Waals surface area contributed by atoms with Crippen LogP contribution >= 0.6 is 43.6 Å². The van der Waals surface area contributed by atoms with E-state index in [-0.39, 0.29) is 11.7 Å². The first-order valence-electron chi connectivity index (χ1n) is 7.49. The van der Waals surface area contributed by atoms with Crippen molar-refractivity contribution in [2.75, 3.05) is 18.2 Å². The van der Waals surface area contributed by atoms with Crippen molar-refractivity contribution >= 4 is 55.2 Å². The van der Waals surface area contributed by atoms with Gasteiger partial charge in [-0.05, 0) is 58.4 Å². The Hall–Kier alpha value is -1.84. The number of hydrogen-bond acceptors (Lipinski definition) is 5. The molecule has 0 bridgehead atoms. The Morgan fingerprint density at radius 2 is 2.00 bits per heavy atom. The van der Waals surface area contributed by atoms with Crippen LogP contribution in [0.4, 0.5) is 5.69 Å². The summed E-state index contributed by atoms with van der Waals surface area (Å²) >= 11 is 8.13. The zero-order valence-corrected chi connectivity index (χ0v) is 17.6. The molecule has 0 saturated carbocycles. The van der Waals surface area contributed by atoms with Gasteiger partial charge in [0.1, 0.15) is 12.1 Å². The van der Waals surface area contributed by atoms with Crippen LogP contribution in [0.1, 0.15) is 0 Å². The molecule has 0 unspecified atom stereocenters. The molecule has 0 radical (unpaired) electrons. The second-order valence-electron chi connectivity index (χ2n) is 5.14. The number of methoxy groups -OCH3 is 1. The average molecular weight is 498 g/mol. The number of halogens is 2. The molecule has 1 heterocycles. The highest BCUT2D eigenvalue weighted by atomic mass is 79.9. The van der Waals surface area contributed by atoms with Crippen molar-refractivity contribution in [2.45, 2.75) is 5.16 Å². The smallest absolute Gasteiger partial charge is 0.234 e. The van der Waals surface area contributed by atoms with Crippen LogP contribution in [0, 0.1) is 0 Å². The zero-order chi connectivity index (χ0) is 18.5. The van der Waals surface area contributed by atoms with Crippen LogP contribution in [0.25, 0.3) is 5.69 Å². The van der Waals surface area contributed by atoms with E-state index in [1.54, 1.807) is 13.4 Å². The van der Waals surface area contributed by atoms with E-state index < -0.39 is 0 Å². The number of anilines is 1. The molecule has 0 saturated heterocycles. The topological polar surface area (TPSA) is 69.0 Å². The molecule has 2 aromatic carbocycles. The van der Waals surface area contributed by atoms with E-state index in [1.807, 2.05) is 47.0 Å². The molecule has 1 amide bonds. The van der Waals surface area contributed by atoms with Gasteiger partial charge in [-0.1, -0.05) is 27.7 Å². The van der Waals surface area contributed by atoms with E-state index in [2.05, 4.69) is 47.4 Å². The third-order valence-corrected chi connectivity index (χ3v) is 5.53. The number of amides is 1. The Bertz CT molecular complexity index is 915. The number of carbonyl (C=O) groups is 1. The summed E-state index contributed by atoms with van der Waals surface area (Å²) in [6, 6.07) is 13.1. The van der Waals surface area contributed by atoms with Crippen LogP contribution in [0.2, 0.25) is 0 Å². The summed E-state index contributed by atoms with van der Waals surface area (Å²) in [6.45, 7) is 0. The fourth-order valence-corrected chi connectivity index (χ4v) is 3.59. The summed E-state index contributed by atoms with van der Waals surface area (Å²) in [5.41, 5.74) is 1.61. The van der Waals surface area contributed by atoms with Crippen LogP contribution in [-0.2, 0) is 4.79 Å². The Balaban J connectivity index is 1.66. The largest absolute Gasteiger partial charge is 0.497 e. The number of aromatic nitrogens is 3. The lowest BCUT2D eigenvalue weighted by molar-refractivity contribution is -0.113. The molecule has 1 aromatic heterocycles. The summed E-state index contributed by atoms with van der Waals surface area (Å²) in [4.78, 5) is 12.3. The van der Waals surface area contributed by atoms with Gasteiger partial charge in [0.2, 0.25) is 5.91 Å². The van der Waals surface area contributed by atoms with Gasteiger partial charge in [-0.3, -0.25) is 9.36 Å². The minimum atomic E-state index is -0.127. The van der Waals surface area contributed by atoms with E-state index in [0.29, 0.717) is 10.8 Å². The first-order valence-corrected chi connectivity index (χ1v) is 10.1. The molecular formula is C17H14Br2N4O2S. The van der Waals surface area contributed by atoms with Crippen molar-refractivity contribution in [3.05, 3.63) is 57.7 Å². The molecule has 0 fully saturated rings. The maximum absolute atomic E-state index is 12.3. The lowest BCUT2D eigenvalue weighted by atomic mass is 10.3. The summed E-state index contributed by atoms with van der Waals surface area (Å²) in [5.74, 6) is 0.862. The van der Waals surface area contributed by atoms with Gasteiger partial charge in [-0.25, -0.2) is 0 Å². The maximum Gasteiger partial charge on any atom is 0.234 e. The molecule has 26 heavy (non-hydrogen) atoms. The highest BCUT2D eigenvalue weighted by molar-refractivity contribution is 9.11. The summed E-state index contributed by atoms with van der Waals surface area (Å²) in [7, 11) is 1.62. The summed E-state index contributed by atoms with van der Waals surface area (Å²) < 4.78 is 8.70. The molecule has 1 N–H and O–H groups in total. The van der Waals surface area contributed by atoms with Gasteiger partial charge >= 0.3 is 0 Å². The monoisotopic (exact) mass is 496 g/mol. The molecule has 0 aliphatic heterocycles. The van der Waals surface area contributed by atoms with Gasteiger partial charge in [0, 0.05) is 14.6 Å². The van der Waals surface area contributed by atoms with Crippen molar-refractivity contribution in [1.82, 2.24) is 14.8 Å². The van der Waals surface area contributed by atoms with Crippen molar-refractivity contribution < 1.29 is 9.53 Å². The third-order valence-electron chi connectivity index (χ3n) is 3.40. The Morgan fingerprint density at radius 1 is 1.23 bits per heavy atom. The van der Waals surface area contributed by atoms with Crippen molar-refractivity contribution in [3.63, 3.8) is 0 Å². The van der Waals surface area contributed by atoms with E-state index >= 15 is 0 Å². The molecule has 0 aliphatic carbocycles. The second-order valence-corrected chi connectivity index (χ2v) is 7.86. The molecular weight excluding hydrogens is 484 g/mol. The lowest BCUT2D eigenvalue weighted by Crippen LogP contribution is -2.15. The first-order chi connectivity index (χ1) is 12.6. The van der Waals surface area contributed by atoms with E-state index in [1.165, 1.54) is 11.8 Å². The van der Waals surface area contributed by atoms with Gasteiger partial charge in [-0.2, -0.15) is 0 Å². The number of carbonyl (C=O) groups excluding carboxylic acids is 1. The van der Waals surface area contributed by atoms with Crippen LogP contribution < -0.4 is 10.1 Å². The minimum absolute atomic E-state index is 0.127. The van der Waals surface area contributed by atoms with Gasteiger partial charge in [-0.15, -0.1) is 10.2 Å². The minimum Gasteiger partial charge on any atom is -0.497 e. The van der Waals surface area contributed by atoms with Crippen LogP contribution in [0.5, 0.6) is 5.75 Å². The molecule has 0 atom stereocenters. The summed E-state index contributed by atoms with van der Waals surface area (Å²) in [6.07, 6.45) is 1.62. The van der Waals surface area contributed by atoms with Gasteiger partial charge in [0.25, 0.3) is 0 Å². The second kappa shape index (κ2) is 8.70. The fraction of sp³-hybridized carbons (Fsp3) is 0.118. The zero-order valence-electron chi connectivity index (χ0n) is 13.6. The Morgan fingerprint density at radius 3 is 2.73 bits per heavy atom. The number of ether oxygens (including phenoxy) is 1. The number of rotatable bonds is 6. The SMILES string of the molecule is COc1ccc(-n2cnnc2SCC(=O)Nc2cc(Br)ccc2Br)cc1. The number of nitrogens with zero attached hydrogens (tertiary/aromatic N) is 3. The Kier molecular flexibility index (Phi) is 6.33. The van der Waals surface area contributed by atoms with Crippen molar-refractivity contribution in [2.24, 2.45) is 0 Å².